The lowest BCUT2D eigenvalue weighted by Gasteiger charge is -2.13. The molecule has 1 aromatic rings. The molecule has 0 bridgehead atoms. The number of carboxylic acid groups (broad SMARTS) is 1. The Labute approximate surface area is 105 Å². The van der Waals surface area contributed by atoms with E-state index in [0.717, 1.165) is 5.56 Å². The van der Waals surface area contributed by atoms with Crippen LogP contribution in [0, 0.1) is 0 Å². The van der Waals surface area contributed by atoms with Gasteiger partial charge >= 0.3 is 5.97 Å². The van der Waals surface area contributed by atoms with Crippen LogP contribution >= 0.6 is 0 Å². The van der Waals surface area contributed by atoms with Crippen molar-refractivity contribution in [3.8, 4) is 5.75 Å². The van der Waals surface area contributed by atoms with E-state index in [1.54, 1.807) is 12.1 Å². The van der Waals surface area contributed by atoms with Gasteiger partial charge in [0.15, 0.2) is 0 Å². The maximum Gasteiger partial charge on any atom is 0.326 e. The number of phenolic OH excluding ortho intramolecular Hbond substituents is 1. The number of hydrogen-bond acceptors (Lipinski definition) is 3. The Morgan fingerprint density at radius 1 is 1.28 bits per heavy atom. The predicted octanol–water partition coefficient (Wildman–Crippen LogP) is 1.30. The van der Waals surface area contributed by atoms with Crippen molar-refractivity contribution >= 4 is 11.9 Å². The molecule has 5 heteroatoms. The Morgan fingerprint density at radius 2 is 1.89 bits per heavy atom. The van der Waals surface area contributed by atoms with Crippen LogP contribution < -0.4 is 5.32 Å². The summed E-state index contributed by atoms with van der Waals surface area (Å²) < 4.78 is 0. The van der Waals surface area contributed by atoms with Crippen LogP contribution in [0.5, 0.6) is 5.75 Å². The number of aliphatic carboxylic acids is 1. The van der Waals surface area contributed by atoms with Crippen molar-refractivity contribution in [2.45, 2.75) is 32.2 Å². The average molecular weight is 251 g/mol. The first-order valence-electron chi connectivity index (χ1n) is 5.83. The summed E-state index contributed by atoms with van der Waals surface area (Å²) in [5, 5.41) is 20.5. The van der Waals surface area contributed by atoms with Crippen molar-refractivity contribution in [2.75, 3.05) is 0 Å². The number of carboxylic acids is 1. The molecule has 0 radical (unpaired) electrons. The standard InChI is InChI=1S/C13H17NO4/c1-2-3-11(13(17)18)14-12(16)8-9-4-6-10(15)7-5-9/h4-7,11,15H,2-3,8H2,1H3,(H,14,16)(H,17,18)/t11-/m1/s1. The van der Waals surface area contributed by atoms with Crippen molar-refractivity contribution in [3.63, 3.8) is 0 Å². The molecule has 98 valence electrons. The summed E-state index contributed by atoms with van der Waals surface area (Å²) in [5.41, 5.74) is 0.728. The molecule has 0 saturated carbocycles. The van der Waals surface area contributed by atoms with E-state index >= 15 is 0 Å². The molecule has 0 aliphatic carbocycles. The van der Waals surface area contributed by atoms with E-state index in [2.05, 4.69) is 5.32 Å². The predicted molar refractivity (Wildman–Crippen MR) is 66.3 cm³/mol. The monoisotopic (exact) mass is 251 g/mol. The SMILES string of the molecule is CCC[C@@H](NC(=O)Cc1ccc(O)cc1)C(=O)O. The highest BCUT2D eigenvalue weighted by atomic mass is 16.4. The molecule has 18 heavy (non-hydrogen) atoms. The normalized spacial score (nSPS) is 11.8. The van der Waals surface area contributed by atoms with Gasteiger partial charge in [0.05, 0.1) is 6.42 Å². The van der Waals surface area contributed by atoms with Gasteiger partial charge in [-0.3, -0.25) is 4.79 Å². The van der Waals surface area contributed by atoms with Crippen LogP contribution in [-0.2, 0) is 16.0 Å². The molecule has 0 heterocycles. The fourth-order valence-corrected chi connectivity index (χ4v) is 1.59. The van der Waals surface area contributed by atoms with Gasteiger partial charge in [-0.25, -0.2) is 4.79 Å². The molecule has 5 nitrogen and oxygen atoms in total. The topological polar surface area (TPSA) is 86.6 Å². The van der Waals surface area contributed by atoms with Crippen LogP contribution in [0.15, 0.2) is 24.3 Å². The van der Waals surface area contributed by atoms with Gasteiger partial charge in [-0.05, 0) is 24.1 Å². The fourth-order valence-electron chi connectivity index (χ4n) is 1.59. The Morgan fingerprint density at radius 3 is 2.39 bits per heavy atom. The number of carbonyl (C=O) groups is 2. The second kappa shape index (κ2) is 6.64. The molecule has 1 atom stereocenters. The highest BCUT2D eigenvalue weighted by molar-refractivity contribution is 5.84. The van der Waals surface area contributed by atoms with Gasteiger partial charge in [-0.2, -0.15) is 0 Å². The lowest BCUT2D eigenvalue weighted by molar-refractivity contribution is -0.141. The quantitative estimate of drug-likeness (QED) is 0.711. The molecular weight excluding hydrogens is 234 g/mol. The fraction of sp³-hybridized carbons (Fsp3) is 0.385. The summed E-state index contributed by atoms with van der Waals surface area (Å²) in [5.74, 6) is -1.22. The zero-order valence-electron chi connectivity index (χ0n) is 10.2. The van der Waals surface area contributed by atoms with E-state index in [4.69, 9.17) is 10.2 Å². The molecule has 0 aromatic heterocycles. The van der Waals surface area contributed by atoms with Crippen LogP contribution in [0.1, 0.15) is 25.3 Å². The second-order valence-corrected chi connectivity index (χ2v) is 4.09. The highest BCUT2D eigenvalue weighted by Crippen LogP contribution is 2.10. The number of nitrogens with one attached hydrogen (secondary N) is 1. The number of carbonyl (C=O) groups excluding carboxylic acids is 1. The number of rotatable bonds is 6. The summed E-state index contributed by atoms with van der Waals surface area (Å²) in [6, 6.07) is 5.40. The van der Waals surface area contributed by atoms with Gasteiger partial charge in [0.25, 0.3) is 0 Å². The molecule has 0 unspecified atom stereocenters. The van der Waals surface area contributed by atoms with Gasteiger partial charge in [-0.1, -0.05) is 25.5 Å². The lowest BCUT2D eigenvalue weighted by atomic mass is 10.1. The average Bonchev–Trinajstić information content (AvgIpc) is 2.31. The van der Waals surface area contributed by atoms with Crippen molar-refractivity contribution < 1.29 is 19.8 Å². The Kier molecular flexibility index (Phi) is 5.17. The van der Waals surface area contributed by atoms with Crippen molar-refractivity contribution in [1.29, 1.82) is 0 Å². The summed E-state index contributed by atoms with van der Waals surface area (Å²) in [7, 11) is 0. The number of aromatic hydroxyl groups is 1. The summed E-state index contributed by atoms with van der Waals surface area (Å²) in [6.45, 7) is 1.86. The molecule has 1 amide bonds. The van der Waals surface area contributed by atoms with Crippen LogP contribution in [0.2, 0.25) is 0 Å². The summed E-state index contributed by atoms with van der Waals surface area (Å²) in [6.07, 6.45) is 1.21. The molecule has 0 aliphatic rings. The second-order valence-electron chi connectivity index (χ2n) is 4.09. The molecular formula is C13H17NO4. The minimum Gasteiger partial charge on any atom is -0.508 e. The van der Waals surface area contributed by atoms with Crippen molar-refractivity contribution in [1.82, 2.24) is 5.32 Å². The van der Waals surface area contributed by atoms with Crippen LogP contribution in [-0.4, -0.2) is 28.1 Å². The van der Waals surface area contributed by atoms with Crippen molar-refractivity contribution in [3.05, 3.63) is 29.8 Å². The third-order valence-electron chi connectivity index (χ3n) is 2.51. The van der Waals surface area contributed by atoms with Crippen LogP contribution in [0.4, 0.5) is 0 Å². The number of phenols is 1. The highest BCUT2D eigenvalue weighted by Gasteiger charge is 2.18. The number of benzene rings is 1. The molecule has 1 rings (SSSR count). The van der Waals surface area contributed by atoms with E-state index < -0.39 is 12.0 Å². The van der Waals surface area contributed by atoms with Crippen LogP contribution in [0.3, 0.4) is 0 Å². The van der Waals surface area contributed by atoms with E-state index in [-0.39, 0.29) is 18.1 Å². The van der Waals surface area contributed by atoms with Crippen molar-refractivity contribution in [2.24, 2.45) is 0 Å². The minimum atomic E-state index is -1.02. The summed E-state index contributed by atoms with van der Waals surface area (Å²) in [4.78, 5) is 22.5. The van der Waals surface area contributed by atoms with E-state index in [9.17, 15) is 9.59 Å². The van der Waals surface area contributed by atoms with E-state index in [1.807, 2.05) is 6.92 Å². The number of hydrogen-bond donors (Lipinski definition) is 3. The molecule has 1 aromatic carbocycles. The van der Waals surface area contributed by atoms with E-state index in [1.165, 1.54) is 12.1 Å². The largest absolute Gasteiger partial charge is 0.508 e. The Bertz CT molecular complexity index is 414. The smallest absolute Gasteiger partial charge is 0.326 e. The molecule has 0 spiro atoms. The van der Waals surface area contributed by atoms with Crippen LogP contribution in [0.25, 0.3) is 0 Å². The first-order valence-corrected chi connectivity index (χ1v) is 5.83. The maximum atomic E-state index is 11.7. The Hall–Kier alpha value is -2.04. The molecule has 0 aliphatic heterocycles. The van der Waals surface area contributed by atoms with Gasteiger partial charge in [0.2, 0.25) is 5.91 Å². The maximum absolute atomic E-state index is 11.7. The molecule has 0 saturated heterocycles. The van der Waals surface area contributed by atoms with E-state index in [0.29, 0.717) is 12.8 Å². The third-order valence-corrected chi connectivity index (χ3v) is 2.51. The lowest BCUT2D eigenvalue weighted by Crippen LogP contribution is -2.41. The minimum absolute atomic E-state index is 0.105. The zero-order valence-corrected chi connectivity index (χ0v) is 10.2. The third kappa shape index (κ3) is 4.45. The van der Waals surface area contributed by atoms with Gasteiger partial charge in [0, 0.05) is 0 Å². The summed E-state index contributed by atoms with van der Waals surface area (Å²) >= 11 is 0. The Balaban J connectivity index is 2.54. The first kappa shape index (κ1) is 14.0. The van der Waals surface area contributed by atoms with Gasteiger partial charge in [0.1, 0.15) is 11.8 Å². The van der Waals surface area contributed by atoms with Gasteiger partial charge < -0.3 is 15.5 Å². The first-order chi connectivity index (χ1) is 8.52. The zero-order chi connectivity index (χ0) is 13.5. The molecule has 3 N–H and O–H groups in total. The molecule has 0 fully saturated rings. The number of amides is 1. The van der Waals surface area contributed by atoms with Gasteiger partial charge in [-0.15, -0.1) is 0 Å².